The zero-order valence-corrected chi connectivity index (χ0v) is 18.3. The minimum Gasteiger partial charge on any atom is -0.445 e. The molecule has 0 aliphatic heterocycles. The van der Waals surface area contributed by atoms with Gasteiger partial charge in [-0.2, -0.15) is 0 Å². The van der Waals surface area contributed by atoms with E-state index in [0.717, 1.165) is 16.7 Å². The third-order valence-corrected chi connectivity index (χ3v) is 5.56. The molecule has 0 aromatic heterocycles. The molecular formula is C27H31NO4. The number of hydrogen-bond acceptors (Lipinski definition) is 4. The van der Waals surface area contributed by atoms with Crippen LogP contribution in [0, 0.1) is 5.92 Å². The predicted molar refractivity (Wildman–Crippen MR) is 125 cm³/mol. The molecule has 0 aliphatic rings. The first kappa shape index (κ1) is 23.5. The second-order valence-corrected chi connectivity index (χ2v) is 8.15. The highest BCUT2D eigenvalue weighted by Crippen LogP contribution is 2.18. The fourth-order valence-electron chi connectivity index (χ4n) is 3.72. The topological polar surface area (TPSA) is 78.8 Å². The van der Waals surface area contributed by atoms with Crippen LogP contribution in [0.4, 0.5) is 4.79 Å². The molecule has 0 spiro atoms. The molecule has 168 valence electrons. The lowest BCUT2D eigenvalue weighted by Crippen LogP contribution is -2.51. The van der Waals surface area contributed by atoms with Gasteiger partial charge in [0.05, 0.1) is 12.1 Å². The van der Waals surface area contributed by atoms with Crippen molar-refractivity contribution in [1.29, 1.82) is 0 Å². The molecule has 0 bridgehead atoms. The zero-order valence-electron chi connectivity index (χ0n) is 18.3. The van der Waals surface area contributed by atoms with E-state index >= 15 is 0 Å². The van der Waals surface area contributed by atoms with Crippen LogP contribution >= 0.6 is 0 Å². The van der Waals surface area contributed by atoms with Gasteiger partial charge in [-0.3, -0.25) is 0 Å². The molecule has 0 saturated heterocycles. The molecule has 0 unspecified atom stereocenters. The van der Waals surface area contributed by atoms with Crippen LogP contribution in [-0.4, -0.2) is 34.6 Å². The van der Waals surface area contributed by atoms with Crippen molar-refractivity contribution in [3.05, 3.63) is 108 Å². The van der Waals surface area contributed by atoms with Gasteiger partial charge in [-0.15, -0.1) is 0 Å². The number of carbonyl (C=O) groups excluding carboxylic acids is 1. The maximum absolute atomic E-state index is 12.5. The van der Waals surface area contributed by atoms with Crippen LogP contribution in [-0.2, 0) is 24.2 Å². The van der Waals surface area contributed by atoms with Gasteiger partial charge in [0.25, 0.3) is 0 Å². The molecular weight excluding hydrogens is 402 g/mol. The van der Waals surface area contributed by atoms with Gasteiger partial charge >= 0.3 is 6.09 Å². The Labute approximate surface area is 189 Å². The normalized spacial score (nSPS) is 14.7. The van der Waals surface area contributed by atoms with E-state index in [9.17, 15) is 15.0 Å². The van der Waals surface area contributed by atoms with E-state index in [1.54, 1.807) is 0 Å². The van der Waals surface area contributed by atoms with Gasteiger partial charge in [-0.05, 0) is 35.4 Å². The number of benzene rings is 3. The second-order valence-electron chi connectivity index (χ2n) is 8.15. The number of amides is 1. The summed E-state index contributed by atoms with van der Waals surface area (Å²) < 4.78 is 5.34. The number of hydrogen-bond donors (Lipinski definition) is 3. The SMILES string of the molecule is C[C@@H](Cc1ccccc1)[C@@H](O)[C@H](O)[C@H](Cc1ccccc1)NC(=O)OCc1ccccc1. The quantitative estimate of drug-likeness (QED) is 0.449. The monoisotopic (exact) mass is 433 g/mol. The van der Waals surface area contributed by atoms with Crippen LogP contribution in [0.15, 0.2) is 91.0 Å². The molecule has 3 aromatic rings. The molecule has 1 amide bonds. The predicted octanol–water partition coefficient (Wildman–Crippen LogP) is 4.12. The summed E-state index contributed by atoms with van der Waals surface area (Å²) in [5, 5.41) is 24.6. The number of carbonyl (C=O) groups is 1. The molecule has 5 heteroatoms. The van der Waals surface area contributed by atoms with Crippen LogP contribution in [0.2, 0.25) is 0 Å². The number of aliphatic hydroxyl groups excluding tert-OH is 2. The maximum atomic E-state index is 12.5. The second kappa shape index (κ2) is 12.0. The van der Waals surface area contributed by atoms with Crippen molar-refractivity contribution < 1.29 is 19.7 Å². The van der Waals surface area contributed by atoms with Crippen molar-refractivity contribution in [2.24, 2.45) is 5.92 Å². The molecule has 3 aromatic carbocycles. The highest BCUT2D eigenvalue weighted by molar-refractivity contribution is 5.67. The Hall–Kier alpha value is -3.15. The van der Waals surface area contributed by atoms with Crippen LogP contribution in [0.1, 0.15) is 23.6 Å². The van der Waals surface area contributed by atoms with Gasteiger partial charge < -0.3 is 20.3 Å². The minimum atomic E-state index is -1.15. The Morgan fingerprint density at radius 2 is 1.22 bits per heavy atom. The van der Waals surface area contributed by atoms with Crippen molar-refractivity contribution in [1.82, 2.24) is 5.32 Å². The van der Waals surface area contributed by atoms with E-state index in [0.29, 0.717) is 12.8 Å². The van der Waals surface area contributed by atoms with Crippen LogP contribution < -0.4 is 5.32 Å². The molecule has 0 aliphatic carbocycles. The average molecular weight is 434 g/mol. The highest BCUT2D eigenvalue weighted by Gasteiger charge is 2.31. The summed E-state index contributed by atoms with van der Waals surface area (Å²) in [7, 11) is 0. The van der Waals surface area contributed by atoms with E-state index < -0.39 is 24.3 Å². The van der Waals surface area contributed by atoms with Gasteiger partial charge in [0, 0.05) is 0 Å². The number of ether oxygens (including phenoxy) is 1. The van der Waals surface area contributed by atoms with Crippen molar-refractivity contribution in [3.8, 4) is 0 Å². The van der Waals surface area contributed by atoms with Crippen LogP contribution in [0.5, 0.6) is 0 Å². The van der Waals surface area contributed by atoms with Crippen LogP contribution in [0.3, 0.4) is 0 Å². The standard InChI is InChI=1S/C27H31NO4/c1-20(17-21-11-5-2-6-12-21)25(29)26(30)24(18-22-13-7-3-8-14-22)28-27(31)32-19-23-15-9-4-10-16-23/h2-16,20,24-26,29-30H,17-19H2,1H3,(H,28,31)/t20-,24-,25+,26+/m0/s1. The van der Waals surface area contributed by atoms with Crippen LogP contribution in [0.25, 0.3) is 0 Å². The maximum Gasteiger partial charge on any atom is 0.407 e. The fourth-order valence-corrected chi connectivity index (χ4v) is 3.72. The Morgan fingerprint density at radius 3 is 1.75 bits per heavy atom. The van der Waals surface area contributed by atoms with Crippen molar-refractivity contribution in [2.45, 2.75) is 44.6 Å². The summed E-state index contributed by atoms with van der Waals surface area (Å²) >= 11 is 0. The molecule has 0 radical (unpaired) electrons. The Kier molecular flexibility index (Phi) is 8.84. The molecule has 0 fully saturated rings. The van der Waals surface area contributed by atoms with E-state index in [-0.39, 0.29) is 12.5 Å². The van der Waals surface area contributed by atoms with Gasteiger partial charge in [-0.1, -0.05) is 97.9 Å². The number of nitrogens with one attached hydrogen (secondary N) is 1. The summed E-state index contributed by atoms with van der Waals surface area (Å²) in [6.45, 7) is 2.03. The molecule has 0 heterocycles. The summed E-state index contributed by atoms with van der Waals surface area (Å²) in [5.41, 5.74) is 2.91. The summed E-state index contributed by atoms with van der Waals surface area (Å²) in [5.74, 6) is -0.201. The van der Waals surface area contributed by atoms with E-state index in [4.69, 9.17) is 4.74 Å². The smallest absolute Gasteiger partial charge is 0.407 e. The third-order valence-electron chi connectivity index (χ3n) is 5.56. The zero-order chi connectivity index (χ0) is 22.8. The number of alkyl carbamates (subject to hydrolysis) is 1. The first-order chi connectivity index (χ1) is 15.5. The molecule has 0 saturated carbocycles. The largest absolute Gasteiger partial charge is 0.445 e. The Balaban J connectivity index is 1.65. The average Bonchev–Trinajstić information content (AvgIpc) is 2.83. The first-order valence-electron chi connectivity index (χ1n) is 10.9. The molecule has 3 N–H and O–H groups in total. The third kappa shape index (κ3) is 7.22. The van der Waals surface area contributed by atoms with E-state index in [1.807, 2.05) is 97.9 Å². The fraction of sp³-hybridized carbons (Fsp3) is 0.296. The Morgan fingerprint density at radius 1 is 0.750 bits per heavy atom. The van der Waals surface area contributed by atoms with Gasteiger partial charge in [-0.25, -0.2) is 4.79 Å². The Bertz CT molecular complexity index is 934. The lowest BCUT2D eigenvalue weighted by molar-refractivity contribution is -0.0317. The molecule has 5 nitrogen and oxygen atoms in total. The summed E-state index contributed by atoms with van der Waals surface area (Å²) in [4.78, 5) is 12.5. The molecule has 32 heavy (non-hydrogen) atoms. The van der Waals surface area contributed by atoms with Crippen molar-refractivity contribution in [2.75, 3.05) is 0 Å². The first-order valence-corrected chi connectivity index (χ1v) is 10.9. The minimum absolute atomic E-state index is 0.133. The van der Waals surface area contributed by atoms with E-state index in [1.165, 1.54) is 0 Å². The van der Waals surface area contributed by atoms with E-state index in [2.05, 4.69) is 5.32 Å². The van der Waals surface area contributed by atoms with Crippen molar-refractivity contribution >= 4 is 6.09 Å². The number of rotatable bonds is 10. The molecule has 4 atom stereocenters. The summed E-state index contributed by atoms with van der Waals surface area (Å²) in [6.07, 6.45) is -1.80. The lowest BCUT2D eigenvalue weighted by atomic mass is 9.88. The lowest BCUT2D eigenvalue weighted by Gasteiger charge is -2.31. The highest BCUT2D eigenvalue weighted by atomic mass is 16.5. The van der Waals surface area contributed by atoms with Gasteiger partial charge in [0.15, 0.2) is 0 Å². The van der Waals surface area contributed by atoms with Gasteiger partial charge in [0.2, 0.25) is 0 Å². The number of aliphatic hydroxyl groups is 2. The van der Waals surface area contributed by atoms with Gasteiger partial charge in [0.1, 0.15) is 12.7 Å². The summed E-state index contributed by atoms with van der Waals surface area (Å²) in [6, 6.07) is 28.1. The van der Waals surface area contributed by atoms with Crippen molar-refractivity contribution in [3.63, 3.8) is 0 Å². The molecule has 3 rings (SSSR count).